The highest BCUT2D eigenvalue weighted by molar-refractivity contribution is 9.11. The van der Waals surface area contributed by atoms with Crippen molar-refractivity contribution in [3.05, 3.63) is 71.5 Å². The van der Waals surface area contributed by atoms with Gasteiger partial charge in [-0.05, 0) is 112 Å². The van der Waals surface area contributed by atoms with Crippen molar-refractivity contribution >= 4 is 81.4 Å². The number of aryl methyl sites for hydroxylation is 1. The largest absolute Gasteiger partial charge is 0.487 e. The summed E-state index contributed by atoms with van der Waals surface area (Å²) >= 11 is 13.7. The van der Waals surface area contributed by atoms with Crippen LogP contribution < -0.4 is 10.1 Å². The summed E-state index contributed by atoms with van der Waals surface area (Å²) in [6, 6.07) is 9.25. The summed E-state index contributed by atoms with van der Waals surface area (Å²) < 4.78 is 8.40. The fourth-order valence-electron chi connectivity index (χ4n) is 2.26. The van der Waals surface area contributed by atoms with E-state index in [1.54, 1.807) is 18.2 Å². The van der Waals surface area contributed by atoms with Crippen LogP contribution in [0.15, 0.2) is 60.4 Å². The van der Waals surface area contributed by atoms with E-state index in [1.165, 1.54) is 6.08 Å². The third-order valence-corrected chi connectivity index (χ3v) is 5.90. The van der Waals surface area contributed by atoms with Crippen LogP contribution >= 0.6 is 63.7 Å². The number of nitrogens with one attached hydrogen (secondary N) is 1. The van der Waals surface area contributed by atoms with E-state index in [9.17, 15) is 10.1 Å². The molecule has 0 saturated heterocycles. The highest BCUT2D eigenvalue weighted by Gasteiger charge is 2.15. The molecule has 1 amide bonds. The van der Waals surface area contributed by atoms with Crippen molar-refractivity contribution in [3.63, 3.8) is 0 Å². The number of hydrogen-bond acceptors (Lipinski definition) is 3. The molecule has 0 aliphatic rings. The molecule has 144 valence electrons. The molecule has 2 rings (SSSR count). The first-order chi connectivity index (χ1) is 13.3. The second kappa shape index (κ2) is 10.4. The quantitative estimate of drug-likeness (QED) is 0.209. The lowest BCUT2D eigenvalue weighted by Gasteiger charge is -2.11. The first-order valence-electron chi connectivity index (χ1n) is 7.88. The van der Waals surface area contributed by atoms with Crippen molar-refractivity contribution < 1.29 is 9.53 Å². The molecule has 0 unspecified atom stereocenters. The number of nitriles is 1. The van der Waals surface area contributed by atoms with Crippen LogP contribution in [0.25, 0.3) is 6.08 Å². The monoisotopic (exact) mass is 630 g/mol. The Bertz CT molecular complexity index is 964. The third kappa shape index (κ3) is 5.80. The standard InChI is InChI=1S/C20H14Br4N2O2/c1-3-4-28-19-16(23)8-12(9-17(19)24)7-13(10-25)20(27)26-18-14(21)5-11(2)6-15(18)22/h3,5-9H,1,4H2,2H3,(H,26,27)/b13-7+. The average molecular weight is 634 g/mol. The molecule has 0 aliphatic heterocycles. The number of carbonyl (C=O) groups excluding carboxylic acids is 1. The lowest BCUT2D eigenvalue weighted by Crippen LogP contribution is -2.14. The molecule has 0 spiro atoms. The van der Waals surface area contributed by atoms with Gasteiger partial charge < -0.3 is 10.1 Å². The van der Waals surface area contributed by atoms with Crippen molar-refractivity contribution in [1.29, 1.82) is 5.26 Å². The molecular weight excluding hydrogens is 620 g/mol. The molecule has 0 radical (unpaired) electrons. The Morgan fingerprint density at radius 3 is 2.21 bits per heavy atom. The number of nitrogens with zero attached hydrogens (tertiary/aromatic N) is 1. The predicted molar refractivity (Wildman–Crippen MR) is 126 cm³/mol. The van der Waals surface area contributed by atoms with E-state index < -0.39 is 5.91 Å². The first-order valence-corrected chi connectivity index (χ1v) is 11.1. The molecule has 0 aromatic heterocycles. The van der Waals surface area contributed by atoms with Crippen molar-refractivity contribution in [2.24, 2.45) is 0 Å². The topological polar surface area (TPSA) is 62.1 Å². The van der Waals surface area contributed by atoms with Crippen LogP contribution in [0.2, 0.25) is 0 Å². The van der Waals surface area contributed by atoms with E-state index in [-0.39, 0.29) is 5.57 Å². The lowest BCUT2D eigenvalue weighted by molar-refractivity contribution is -0.112. The molecule has 28 heavy (non-hydrogen) atoms. The molecule has 2 aromatic carbocycles. The van der Waals surface area contributed by atoms with Gasteiger partial charge in [0.05, 0.1) is 14.6 Å². The van der Waals surface area contributed by atoms with E-state index in [0.717, 1.165) is 14.5 Å². The van der Waals surface area contributed by atoms with Crippen molar-refractivity contribution in [1.82, 2.24) is 0 Å². The van der Waals surface area contributed by atoms with Gasteiger partial charge in [0.25, 0.3) is 5.91 Å². The average Bonchev–Trinajstić information content (AvgIpc) is 2.61. The van der Waals surface area contributed by atoms with Gasteiger partial charge in [0.1, 0.15) is 24.0 Å². The number of hydrogen-bond donors (Lipinski definition) is 1. The fourth-order valence-corrected chi connectivity index (χ4v) is 5.32. The number of ether oxygens (including phenoxy) is 1. The van der Waals surface area contributed by atoms with Gasteiger partial charge in [0.15, 0.2) is 0 Å². The Labute approximate surface area is 197 Å². The molecule has 2 aromatic rings. The second-order valence-electron chi connectivity index (χ2n) is 5.64. The first kappa shape index (κ1) is 22.9. The minimum atomic E-state index is -0.507. The smallest absolute Gasteiger partial charge is 0.266 e. The molecule has 0 bridgehead atoms. The zero-order chi connectivity index (χ0) is 20.8. The Morgan fingerprint density at radius 2 is 1.71 bits per heavy atom. The maximum Gasteiger partial charge on any atom is 0.266 e. The number of halogens is 4. The SMILES string of the molecule is C=CCOc1c(Br)cc(/C=C(\C#N)C(=O)Nc2c(Br)cc(C)cc2Br)cc1Br. The molecule has 4 nitrogen and oxygen atoms in total. The molecule has 0 heterocycles. The molecule has 0 aliphatic carbocycles. The van der Waals surface area contributed by atoms with E-state index in [2.05, 4.69) is 75.6 Å². The maximum absolute atomic E-state index is 12.6. The third-order valence-electron chi connectivity index (χ3n) is 3.47. The minimum absolute atomic E-state index is 0.0297. The summed E-state index contributed by atoms with van der Waals surface area (Å²) in [7, 11) is 0. The summed E-state index contributed by atoms with van der Waals surface area (Å²) in [4.78, 5) is 12.6. The summed E-state index contributed by atoms with van der Waals surface area (Å²) in [6.45, 7) is 5.93. The Kier molecular flexibility index (Phi) is 8.50. The van der Waals surface area contributed by atoms with Crippen LogP contribution in [0.3, 0.4) is 0 Å². The zero-order valence-electron chi connectivity index (χ0n) is 14.7. The van der Waals surface area contributed by atoms with Gasteiger partial charge in [-0.2, -0.15) is 5.26 Å². The van der Waals surface area contributed by atoms with E-state index in [4.69, 9.17) is 4.74 Å². The molecule has 0 fully saturated rings. The summed E-state index contributed by atoms with van der Waals surface area (Å²) in [5.41, 5.74) is 2.23. The van der Waals surface area contributed by atoms with Crippen molar-refractivity contribution in [3.8, 4) is 11.8 Å². The van der Waals surface area contributed by atoms with Crippen molar-refractivity contribution in [2.45, 2.75) is 6.92 Å². The lowest BCUT2D eigenvalue weighted by atomic mass is 10.1. The van der Waals surface area contributed by atoms with Gasteiger partial charge in [0.2, 0.25) is 0 Å². The Morgan fingerprint density at radius 1 is 1.14 bits per heavy atom. The van der Waals surface area contributed by atoms with E-state index in [1.807, 2.05) is 25.1 Å². The fraction of sp³-hybridized carbons (Fsp3) is 0.100. The summed E-state index contributed by atoms with van der Waals surface area (Å²) in [5.74, 6) is 0.111. The van der Waals surface area contributed by atoms with Gasteiger partial charge in [-0.15, -0.1) is 0 Å². The molecular formula is C20H14Br4N2O2. The Balaban J connectivity index is 2.32. The van der Waals surface area contributed by atoms with E-state index in [0.29, 0.717) is 32.6 Å². The van der Waals surface area contributed by atoms with Crippen LogP contribution in [-0.2, 0) is 4.79 Å². The molecule has 0 saturated carbocycles. The second-order valence-corrected chi connectivity index (χ2v) is 9.06. The van der Waals surface area contributed by atoms with Crippen LogP contribution in [0.5, 0.6) is 5.75 Å². The van der Waals surface area contributed by atoms with Crippen LogP contribution in [0, 0.1) is 18.3 Å². The van der Waals surface area contributed by atoms with E-state index >= 15 is 0 Å². The molecule has 0 atom stereocenters. The molecule has 1 N–H and O–H groups in total. The number of carbonyl (C=O) groups is 1. The summed E-state index contributed by atoms with van der Waals surface area (Å²) in [6.07, 6.45) is 3.16. The van der Waals surface area contributed by atoms with Gasteiger partial charge in [0, 0.05) is 8.95 Å². The highest BCUT2D eigenvalue weighted by atomic mass is 79.9. The maximum atomic E-state index is 12.6. The van der Waals surface area contributed by atoms with Crippen LogP contribution in [-0.4, -0.2) is 12.5 Å². The molecule has 8 heteroatoms. The van der Waals surface area contributed by atoms with Gasteiger partial charge in [-0.1, -0.05) is 12.7 Å². The van der Waals surface area contributed by atoms with Crippen molar-refractivity contribution in [2.75, 3.05) is 11.9 Å². The van der Waals surface area contributed by atoms with Gasteiger partial charge in [-0.25, -0.2) is 0 Å². The van der Waals surface area contributed by atoms with Crippen LogP contribution in [0.1, 0.15) is 11.1 Å². The number of anilines is 1. The zero-order valence-corrected chi connectivity index (χ0v) is 21.0. The number of amides is 1. The minimum Gasteiger partial charge on any atom is -0.487 e. The summed E-state index contributed by atoms with van der Waals surface area (Å²) in [5, 5.41) is 12.2. The van der Waals surface area contributed by atoms with Gasteiger partial charge in [-0.3, -0.25) is 4.79 Å². The predicted octanol–water partition coefficient (Wildman–Crippen LogP) is 7.16. The van der Waals surface area contributed by atoms with Crippen LogP contribution in [0.4, 0.5) is 5.69 Å². The Hall–Kier alpha value is -1.40. The number of rotatable bonds is 6. The highest BCUT2D eigenvalue weighted by Crippen LogP contribution is 2.36. The van der Waals surface area contributed by atoms with Gasteiger partial charge >= 0.3 is 0 Å². The number of benzene rings is 2. The normalized spacial score (nSPS) is 10.9.